The highest BCUT2D eigenvalue weighted by Crippen LogP contribution is 2.26. The van der Waals surface area contributed by atoms with Crippen LogP contribution in [-0.4, -0.2) is 43.7 Å². The summed E-state index contributed by atoms with van der Waals surface area (Å²) < 4.78 is 19.0. The third kappa shape index (κ3) is 2.90. The molecule has 3 rings (SSSR count). The molecule has 1 N–H and O–H groups in total. The van der Waals surface area contributed by atoms with Gasteiger partial charge in [0.25, 0.3) is 0 Å². The molecule has 2 heterocycles. The zero-order chi connectivity index (χ0) is 13.1. The minimum atomic E-state index is -0.276. The molecule has 2 aliphatic heterocycles. The molecule has 0 aliphatic carbocycles. The van der Waals surface area contributed by atoms with Crippen LogP contribution in [0.1, 0.15) is 12.8 Å². The lowest BCUT2D eigenvalue weighted by molar-refractivity contribution is 0.104. The average molecular weight is 264 g/mol. The molecule has 104 valence electrons. The molecule has 0 bridgehead atoms. The van der Waals surface area contributed by atoms with Gasteiger partial charge in [-0.3, -0.25) is 4.90 Å². The molecule has 2 atom stereocenters. The molecule has 0 radical (unpaired) electrons. The monoisotopic (exact) mass is 264 g/mol. The number of para-hydroxylation sites is 1. The summed E-state index contributed by atoms with van der Waals surface area (Å²) in [6.07, 6.45) is 2.60. The number of fused-ring (bicyclic) bond motifs is 1. The van der Waals surface area contributed by atoms with Crippen molar-refractivity contribution in [2.24, 2.45) is 5.92 Å². The van der Waals surface area contributed by atoms with Crippen molar-refractivity contribution in [2.75, 3.05) is 32.8 Å². The van der Waals surface area contributed by atoms with E-state index in [1.54, 1.807) is 18.2 Å². The second kappa shape index (κ2) is 5.88. The lowest BCUT2D eigenvalue weighted by Gasteiger charge is -2.36. The van der Waals surface area contributed by atoms with Crippen LogP contribution in [0.4, 0.5) is 4.39 Å². The highest BCUT2D eigenvalue weighted by atomic mass is 19.1. The van der Waals surface area contributed by atoms with E-state index >= 15 is 0 Å². The number of hydrogen-bond acceptors (Lipinski definition) is 3. The molecule has 2 aliphatic rings. The van der Waals surface area contributed by atoms with E-state index in [0.717, 1.165) is 32.1 Å². The fourth-order valence-corrected chi connectivity index (χ4v) is 3.28. The number of ether oxygens (including phenoxy) is 1. The summed E-state index contributed by atoms with van der Waals surface area (Å²) in [6, 6.07) is 7.26. The molecule has 2 unspecified atom stereocenters. The molecule has 0 amide bonds. The standard InChI is InChI=1S/C15H21FN2O/c16-13-5-1-2-6-15(13)19-9-8-18-7-3-4-12-10-17-11-14(12)18/h1-2,5-6,12,14,17H,3-4,7-11H2. The quantitative estimate of drug-likeness (QED) is 0.899. The van der Waals surface area contributed by atoms with Gasteiger partial charge in [-0.2, -0.15) is 0 Å². The molecule has 2 fully saturated rings. The number of nitrogens with one attached hydrogen (secondary N) is 1. The fraction of sp³-hybridized carbons (Fsp3) is 0.600. The van der Waals surface area contributed by atoms with Gasteiger partial charge in [0.15, 0.2) is 11.6 Å². The zero-order valence-corrected chi connectivity index (χ0v) is 11.1. The van der Waals surface area contributed by atoms with Crippen LogP contribution in [0.5, 0.6) is 5.75 Å². The number of halogens is 1. The number of benzene rings is 1. The molecule has 1 aromatic carbocycles. The summed E-state index contributed by atoms with van der Waals surface area (Å²) in [4.78, 5) is 2.50. The van der Waals surface area contributed by atoms with E-state index in [-0.39, 0.29) is 5.82 Å². The first-order chi connectivity index (χ1) is 9.34. The van der Waals surface area contributed by atoms with Crippen molar-refractivity contribution >= 4 is 0 Å². The van der Waals surface area contributed by atoms with Crippen LogP contribution >= 0.6 is 0 Å². The molecule has 0 spiro atoms. The largest absolute Gasteiger partial charge is 0.489 e. The van der Waals surface area contributed by atoms with Crippen molar-refractivity contribution in [2.45, 2.75) is 18.9 Å². The van der Waals surface area contributed by atoms with Crippen molar-refractivity contribution in [1.82, 2.24) is 10.2 Å². The van der Waals surface area contributed by atoms with Gasteiger partial charge in [0.1, 0.15) is 6.61 Å². The SMILES string of the molecule is Fc1ccccc1OCCN1CCCC2CNCC21. The molecule has 1 aromatic rings. The molecule has 19 heavy (non-hydrogen) atoms. The Labute approximate surface area is 113 Å². The van der Waals surface area contributed by atoms with Crippen LogP contribution in [0.15, 0.2) is 24.3 Å². The Morgan fingerprint density at radius 3 is 3.11 bits per heavy atom. The van der Waals surface area contributed by atoms with Gasteiger partial charge >= 0.3 is 0 Å². The minimum Gasteiger partial charge on any atom is -0.489 e. The summed E-state index contributed by atoms with van der Waals surface area (Å²) in [7, 11) is 0. The van der Waals surface area contributed by atoms with Crippen molar-refractivity contribution < 1.29 is 9.13 Å². The first-order valence-corrected chi connectivity index (χ1v) is 7.16. The third-order valence-electron chi connectivity index (χ3n) is 4.27. The number of likely N-dealkylation sites (tertiary alicyclic amines) is 1. The first kappa shape index (κ1) is 12.9. The van der Waals surface area contributed by atoms with Gasteiger partial charge in [-0.05, 0) is 44.0 Å². The number of hydrogen-bond donors (Lipinski definition) is 1. The van der Waals surface area contributed by atoms with Crippen LogP contribution in [-0.2, 0) is 0 Å². The van der Waals surface area contributed by atoms with Crippen molar-refractivity contribution in [3.63, 3.8) is 0 Å². The van der Waals surface area contributed by atoms with Gasteiger partial charge in [-0.25, -0.2) is 4.39 Å². The minimum absolute atomic E-state index is 0.276. The molecule has 4 heteroatoms. The fourth-order valence-electron chi connectivity index (χ4n) is 3.28. The van der Waals surface area contributed by atoms with Crippen molar-refractivity contribution in [3.05, 3.63) is 30.1 Å². The zero-order valence-electron chi connectivity index (χ0n) is 11.1. The highest BCUT2D eigenvalue weighted by molar-refractivity contribution is 5.23. The Kier molecular flexibility index (Phi) is 3.99. The summed E-state index contributed by atoms with van der Waals surface area (Å²) >= 11 is 0. The van der Waals surface area contributed by atoms with Gasteiger partial charge in [0, 0.05) is 19.1 Å². The third-order valence-corrected chi connectivity index (χ3v) is 4.27. The smallest absolute Gasteiger partial charge is 0.165 e. The lowest BCUT2D eigenvalue weighted by atomic mass is 9.92. The predicted octanol–water partition coefficient (Wildman–Crippen LogP) is 1.89. The average Bonchev–Trinajstić information content (AvgIpc) is 2.90. The predicted molar refractivity (Wildman–Crippen MR) is 72.8 cm³/mol. The van der Waals surface area contributed by atoms with E-state index in [9.17, 15) is 4.39 Å². The van der Waals surface area contributed by atoms with Gasteiger partial charge < -0.3 is 10.1 Å². The van der Waals surface area contributed by atoms with Crippen LogP contribution in [0.2, 0.25) is 0 Å². The van der Waals surface area contributed by atoms with Gasteiger partial charge in [-0.1, -0.05) is 12.1 Å². The second-order valence-corrected chi connectivity index (χ2v) is 5.44. The molecular formula is C15H21FN2O. The van der Waals surface area contributed by atoms with Gasteiger partial charge in [0.2, 0.25) is 0 Å². The molecule has 0 aromatic heterocycles. The maximum absolute atomic E-state index is 13.4. The van der Waals surface area contributed by atoms with Gasteiger partial charge in [0.05, 0.1) is 0 Å². The number of nitrogens with zero attached hydrogens (tertiary/aromatic N) is 1. The van der Waals surface area contributed by atoms with Crippen molar-refractivity contribution in [3.8, 4) is 5.75 Å². The maximum Gasteiger partial charge on any atom is 0.165 e. The van der Waals surface area contributed by atoms with E-state index in [1.807, 2.05) is 0 Å². The van der Waals surface area contributed by atoms with E-state index in [2.05, 4.69) is 10.2 Å². The van der Waals surface area contributed by atoms with Crippen LogP contribution in [0.3, 0.4) is 0 Å². The van der Waals surface area contributed by atoms with Crippen LogP contribution in [0, 0.1) is 11.7 Å². The van der Waals surface area contributed by atoms with Crippen LogP contribution in [0.25, 0.3) is 0 Å². The van der Waals surface area contributed by atoms with Crippen molar-refractivity contribution in [1.29, 1.82) is 0 Å². The summed E-state index contributed by atoms with van der Waals surface area (Å²) in [5, 5.41) is 3.47. The topological polar surface area (TPSA) is 24.5 Å². The lowest BCUT2D eigenvalue weighted by Crippen LogP contribution is -2.46. The maximum atomic E-state index is 13.4. The van der Waals surface area contributed by atoms with E-state index in [4.69, 9.17) is 4.74 Å². The molecule has 2 saturated heterocycles. The summed E-state index contributed by atoms with van der Waals surface area (Å²) in [5.74, 6) is 0.879. The van der Waals surface area contributed by atoms with E-state index in [0.29, 0.717) is 18.4 Å². The number of piperidine rings is 1. The Balaban J connectivity index is 1.51. The molecule has 0 saturated carbocycles. The summed E-state index contributed by atoms with van der Waals surface area (Å²) in [5.41, 5.74) is 0. The highest BCUT2D eigenvalue weighted by Gasteiger charge is 2.34. The van der Waals surface area contributed by atoms with Crippen LogP contribution < -0.4 is 10.1 Å². The summed E-state index contributed by atoms with van der Waals surface area (Å²) in [6.45, 7) is 4.82. The first-order valence-electron chi connectivity index (χ1n) is 7.16. The Bertz CT molecular complexity index is 426. The normalized spacial score (nSPS) is 27.2. The Morgan fingerprint density at radius 1 is 1.32 bits per heavy atom. The molecular weight excluding hydrogens is 243 g/mol. The Morgan fingerprint density at radius 2 is 2.21 bits per heavy atom. The Hall–Kier alpha value is -1.13. The molecule has 3 nitrogen and oxygen atoms in total. The van der Waals surface area contributed by atoms with E-state index in [1.165, 1.54) is 18.9 Å². The second-order valence-electron chi connectivity index (χ2n) is 5.44. The van der Waals surface area contributed by atoms with E-state index < -0.39 is 0 Å². The number of rotatable bonds is 4. The van der Waals surface area contributed by atoms with Gasteiger partial charge in [-0.15, -0.1) is 0 Å².